The normalized spacial score (nSPS) is 18.9. The highest BCUT2D eigenvalue weighted by molar-refractivity contribution is 5.55. The van der Waals surface area contributed by atoms with Crippen molar-refractivity contribution in [3.05, 3.63) is 42.5 Å². The molecule has 92 valence electrons. The minimum absolute atomic E-state index is 0.754. The Balaban J connectivity index is 2.00. The molecule has 0 saturated carbocycles. The second-order valence-electron chi connectivity index (χ2n) is 4.88. The van der Waals surface area contributed by atoms with Crippen LogP contribution in [-0.2, 0) is 6.42 Å². The quantitative estimate of drug-likeness (QED) is 0.617. The molecule has 0 amide bonds. The average Bonchev–Trinajstić information content (AvgIpc) is 2.34. The molecule has 1 aliphatic rings. The molecule has 2 rings (SSSR count). The summed E-state index contributed by atoms with van der Waals surface area (Å²) < 4.78 is 0. The van der Waals surface area contributed by atoms with Gasteiger partial charge in [-0.1, -0.05) is 31.2 Å². The standard InChI is InChI=1S/C15H22N2/c1-3-8-16-9-10-17-12-13(2)11-14-6-4-5-7-15(14)17/h3-7,13,16H,1,8-12H2,2H3. The van der Waals surface area contributed by atoms with Crippen LogP contribution in [0.4, 0.5) is 5.69 Å². The van der Waals surface area contributed by atoms with Crippen LogP contribution in [0, 0.1) is 5.92 Å². The average molecular weight is 230 g/mol. The van der Waals surface area contributed by atoms with E-state index in [1.807, 2.05) is 6.08 Å². The van der Waals surface area contributed by atoms with Crippen LogP contribution in [0.2, 0.25) is 0 Å². The lowest BCUT2D eigenvalue weighted by Crippen LogP contribution is -2.38. The van der Waals surface area contributed by atoms with Crippen molar-refractivity contribution in [1.29, 1.82) is 0 Å². The van der Waals surface area contributed by atoms with Crippen molar-refractivity contribution in [2.45, 2.75) is 13.3 Å². The number of para-hydroxylation sites is 1. The molecule has 1 unspecified atom stereocenters. The van der Waals surface area contributed by atoms with Gasteiger partial charge in [0.1, 0.15) is 0 Å². The van der Waals surface area contributed by atoms with Gasteiger partial charge in [-0.15, -0.1) is 6.58 Å². The van der Waals surface area contributed by atoms with Gasteiger partial charge in [0.15, 0.2) is 0 Å². The molecular formula is C15H22N2. The van der Waals surface area contributed by atoms with Crippen molar-refractivity contribution in [1.82, 2.24) is 5.32 Å². The van der Waals surface area contributed by atoms with E-state index in [1.165, 1.54) is 24.2 Å². The zero-order valence-corrected chi connectivity index (χ0v) is 10.7. The van der Waals surface area contributed by atoms with Crippen molar-refractivity contribution < 1.29 is 0 Å². The number of hydrogen-bond acceptors (Lipinski definition) is 2. The molecule has 1 aliphatic heterocycles. The molecule has 1 N–H and O–H groups in total. The number of hydrogen-bond donors (Lipinski definition) is 1. The molecule has 0 aliphatic carbocycles. The summed E-state index contributed by atoms with van der Waals surface area (Å²) in [7, 11) is 0. The van der Waals surface area contributed by atoms with Gasteiger partial charge in [-0.25, -0.2) is 0 Å². The maximum atomic E-state index is 3.72. The largest absolute Gasteiger partial charge is 0.370 e. The Bertz CT molecular complexity index is 373. The summed E-state index contributed by atoms with van der Waals surface area (Å²) in [5.74, 6) is 0.754. The third-order valence-corrected chi connectivity index (χ3v) is 3.28. The predicted octanol–water partition coefficient (Wildman–Crippen LogP) is 2.46. The maximum Gasteiger partial charge on any atom is 0.0399 e. The van der Waals surface area contributed by atoms with Crippen LogP contribution in [0.5, 0.6) is 0 Å². The highest BCUT2D eigenvalue weighted by Crippen LogP contribution is 2.28. The van der Waals surface area contributed by atoms with Gasteiger partial charge in [0.05, 0.1) is 0 Å². The van der Waals surface area contributed by atoms with E-state index in [0.717, 1.165) is 25.6 Å². The van der Waals surface area contributed by atoms with E-state index in [2.05, 4.69) is 48.0 Å². The number of rotatable bonds is 5. The summed E-state index contributed by atoms with van der Waals surface area (Å²) in [5, 5.41) is 3.37. The minimum atomic E-state index is 0.754. The fraction of sp³-hybridized carbons (Fsp3) is 0.467. The summed E-state index contributed by atoms with van der Waals surface area (Å²) >= 11 is 0. The lowest BCUT2D eigenvalue weighted by atomic mass is 9.94. The Labute approximate surface area is 104 Å². The molecule has 0 spiro atoms. The van der Waals surface area contributed by atoms with Crippen LogP contribution in [-0.4, -0.2) is 26.2 Å². The van der Waals surface area contributed by atoms with Crippen LogP contribution >= 0.6 is 0 Å². The first-order chi connectivity index (χ1) is 8.31. The molecule has 1 aromatic carbocycles. The summed E-state index contributed by atoms with van der Waals surface area (Å²) in [5.41, 5.74) is 2.92. The zero-order chi connectivity index (χ0) is 12.1. The molecular weight excluding hydrogens is 208 g/mol. The first kappa shape index (κ1) is 12.2. The number of nitrogens with zero attached hydrogens (tertiary/aromatic N) is 1. The topological polar surface area (TPSA) is 15.3 Å². The first-order valence-corrected chi connectivity index (χ1v) is 6.45. The Morgan fingerprint density at radius 3 is 3.12 bits per heavy atom. The highest BCUT2D eigenvalue weighted by Gasteiger charge is 2.20. The molecule has 2 heteroatoms. The van der Waals surface area contributed by atoms with Gasteiger partial charge < -0.3 is 10.2 Å². The van der Waals surface area contributed by atoms with Crippen LogP contribution < -0.4 is 10.2 Å². The van der Waals surface area contributed by atoms with E-state index in [1.54, 1.807) is 0 Å². The van der Waals surface area contributed by atoms with E-state index >= 15 is 0 Å². The van der Waals surface area contributed by atoms with Crippen LogP contribution in [0.3, 0.4) is 0 Å². The molecule has 1 heterocycles. The van der Waals surface area contributed by atoms with Crippen LogP contribution in [0.25, 0.3) is 0 Å². The molecule has 0 bridgehead atoms. The van der Waals surface area contributed by atoms with Crippen LogP contribution in [0.15, 0.2) is 36.9 Å². The molecule has 0 saturated heterocycles. The van der Waals surface area contributed by atoms with E-state index < -0.39 is 0 Å². The first-order valence-electron chi connectivity index (χ1n) is 6.45. The fourth-order valence-corrected chi connectivity index (χ4v) is 2.54. The van der Waals surface area contributed by atoms with Gasteiger partial charge in [0, 0.05) is 31.9 Å². The summed E-state index contributed by atoms with van der Waals surface area (Å²) in [6.45, 7) is 10.2. The monoisotopic (exact) mass is 230 g/mol. The SMILES string of the molecule is C=CCNCCN1CC(C)Cc2ccccc21. The molecule has 0 aromatic heterocycles. The van der Waals surface area contributed by atoms with Crippen molar-refractivity contribution in [3.63, 3.8) is 0 Å². The third-order valence-electron chi connectivity index (χ3n) is 3.28. The van der Waals surface area contributed by atoms with Gasteiger partial charge in [0.2, 0.25) is 0 Å². The summed E-state index contributed by atoms with van der Waals surface area (Å²) in [6.07, 6.45) is 3.12. The second kappa shape index (κ2) is 5.87. The van der Waals surface area contributed by atoms with Crippen LogP contribution in [0.1, 0.15) is 12.5 Å². The van der Waals surface area contributed by atoms with E-state index in [0.29, 0.717) is 0 Å². The van der Waals surface area contributed by atoms with Crippen molar-refractivity contribution >= 4 is 5.69 Å². The second-order valence-corrected chi connectivity index (χ2v) is 4.88. The predicted molar refractivity (Wildman–Crippen MR) is 74.6 cm³/mol. The number of benzene rings is 1. The molecule has 0 radical (unpaired) electrons. The molecule has 17 heavy (non-hydrogen) atoms. The van der Waals surface area contributed by atoms with Gasteiger partial charge in [-0.05, 0) is 24.0 Å². The lowest BCUT2D eigenvalue weighted by Gasteiger charge is -2.34. The molecule has 0 fully saturated rings. The summed E-state index contributed by atoms with van der Waals surface area (Å²) in [4.78, 5) is 2.50. The number of anilines is 1. The fourth-order valence-electron chi connectivity index (χ4n) is 2.54. The minimum Gasteiger partial charge on any atom is -0.370 e. The maximum absolute atomic E-state index is 3.72. The van der Waals surface area contributed by atoms with Crippen molar-refractivity contribution in [3.8, 4) is 0 Å². The Morgan fingerprint density at radius 2 is 2.29 bits per heavy atom. The highest BCUT2D eigenvalue weighted by atomic mass is 15.2. The third kappa shape index (κ3) is 3.10. The van der Waals surface area contributed by atoms with E-state index in [4.69, 9.17) is 0 Å². The Hall–Kier alpha value is -1.28. The van der Waals surface area contributed by atoms with E-state index in [-0.39, 0.29) is 0 Å². The molecule has 1 atom stereocenters. The van der Waals surface area contributed by atoms with Crippen molar-refractivity contribution in [2.24, 2.45) is 5.92 Å². The zero-order valence-electron chi connectivity index (χ0n) is 10.7. The Kier molecular flexibility index (Phi) is 4.21. The summed E-state index contributed by atoms with van der Waals surface area (Å²) in [6, 6.07) is 8.79. The molecule has 1 aromatic rings. The number of fused-ring (bicyclic) bond motifs is 1. The van der Waals surface area contributed by atoms with E-state index in [9.17, 15) is 0 Å². The Morgan fingerprint density at radius 1 is 1.47 bits per heavy atom. The van der Waals surface area contributed by atoms with Gasteiger partial charge >= 0.3 is 0 Å². The number of nitrogens with one attached hydrogen (secondary N) is 1. The van der Waals surface area contributed by atoms with Gasteiger partial charge in [0.25, 0.3) is 0 Å². The molecule has 2 nitrogen and oxygen atoms in total. The van der Waals surface area contributed by atoms with Crippen molar-refractivity contribution in [2.75, 3.05) is 31.1 Å². The lowest BCUT2D eigenvalue weighted by molar-refractivity contribution is 0.526. The van der Waals surface area contributed by atoms with Gasteiger partial charge in [-0.2, -0.15) is 0 Å². The smallest absolute Gasteiger partial charge is 0.0399 e. The van der Waals surface area contributed by atoms with Gasteiger partial charge in [-0.3, -0.25) is 0 Å².